The van der Waals surface area contributed by atoms with Crippen LogP contribution < -0.4 is 16.4 Å². The second-order valence-electron chi connectivity index (χ2n) is 2.43. The fraction of sp³-hybridized carbons (Fsp3) is 0.500. The third-order valence-corrected chi connectivity index (χ3v) is 1.27. The molecule has 0 saturated carbocycles. The van der Waals surface area contributed by atoms with E-state index >= 15 is 0 Å². The molecule has 0 bridgehead atoms. The first-order valence-electron chi connectivity index (χ1n) is 3.13. The van der Waals surface area contributed by atoms with Gasteiger partial charge in [-0.2, -0.15) is 0 Å². The molecule has 0 aliphatic rings. The summed E-state index contributed by atoms with van der Waals surface area (Å²) in [5.74, 6) is -5.65. The number of aliphatic hydroxyl groups is 1. The van der Waals surface area contributed by atoms with E-state index < -0.39 is 36.4 Å². The smallest absolute Gasteiger partial charge is 0.550 e. The average Bonchev–Trinajstić information content (AvgIpc) is 1.82. The maximum atomic E-state index is 10.3. The first kappa shape index (κ1) is 19.6. The summed E-state index contributed by atoms with van der Waals surface area (Å²) in [5.41, 5.74) is -2.86. The molecule has 0 amide bonds. The van der Waals surface area contributed by atoms with Crippen molar-refractivity contribution < 1.29 is 57.2 Å². The quantitative estimate of drug-likeness (QED) is 0.440. The molecule has 0 saturated heterocycles. The van der Waals surface area contributed by atoms with Gasteiger partial charge in [0.2, 0.25) is 0 Å². The number of hydrogen-bond acceptors (Lipinski definition) is 6. The number of carbonyl (C=O) groups is 3. The third kappa shape index (κ3) is 7.05. The molecule has 0 unspecified atom stereocenters. The standard InChI is InChI=1S/C6H8O7.Ag.H3N/c7-3(8)1-6(13,5(11)12)2-4(9)10;;/h13H,1-2H2,(H,7,8)(H,9,10)(H,11,12);;1H3/q;+1;/p-1. The Bertz CT molecular complexity index is 238. The van der Waals surface area contributed by atoms with Gasteiger partial charge in [0.1, 0.15) is 0 Å². The van der Waals surface area contributed by atoms with Crippen molar-refractivity contribution in [1.82, 2.24) is 6.15 Å². The van der Waals surface area contributed by atoms with E-state index in [4.69, 9.17) is 10.2 Å². The molecular formula is C6H10AgNO7. The fourth-order valence-corrected chi connectivity index (χ4v) is 0.691. The number of quaternary nitrogens is 1. The van der Waals surface area contributed by atoms with Crippen molar-refractivity contribution in [3.63, 3.8) is 0 Å². The molecule has 9 heteroatoms. The van der Waals surface area contributed by atoms with Crippen LogP contribution in [0.5, 0.6) is 0 Å². The zero-order chi connectivity index (χ0) is 10.6. The molecule has 0 heterocycles. The minimum atomic E-state index is -2.86. The van der Waals surface area contributed by atoms with Gasteiger partial charge >= 0.3 is 28.3 Å². The summed E-state index contributed by atoms with van der Waals surface area (Å²) in [6, 6.07) is 0. The third-order valence-electron chi connectivity index (χ3n) is 1.27. The van der Waals surface area contributed by atoms with E-state index in [1.165, 1.54) is 0 Å². The molecule has 8 nitrogen and oxygen atoms in total. The monoisotopic (exact) mass is 315 g/mol. The summed E-state index contributed by atoms with van der Waals surface area (Å²) in [5, 5.41) is 37.2. The molecule has 0 aliphatic heterocycles. The molecule has 15 heavy (non-hydrogen) atoms. The summed E-state index contributed by atoms with van der Waals surface area (Å²) in [6.45, 7) is 0. The predicted octanol–water partition coefficient (Wildman–Crippen LogP) is -3.54. The Hall–Kier alpha value is -0.930. The van der Waals surface area contributed by atoms with Gasteiger partial charge < -0.3 is 36.2 Å². The molecule has 0 aromatic carbocycles. The van der Waals surface area contributed by atoms with Crippen molar-refractivity contribution >= 4 is 17.9 Å². The molecule has 6 N–H and O–H groups in total. The van der Waals surface area contributed by atoms with Gasteiger partial charge in [-0.25, -0.2) is 4.79 Å². The zero-order valence-electron chi connectivity index (χ0n) is 7.65. The van der Waals surface area contributed by atoms with E-state index in [1.807, 2.05) is 0 Å². The van der Waals surface area contributed by atoms with E-state index in [0.717, 1.165) is 0 Å². The van der Waals surface area contributed by atoms with Crippen LogP contribution in [-0.2, 0) is 36.8 Å². The second kappa shape index (κ2) is 7.37. The summed E-state index contributed by atoms with van der Waals surface area (Å²) in [7, 11) is 0. The molecule has 92 valence electrons. The van der Waals surface area contributed by atoms with Crippen LogP contribution in [0.4, 0.5) is 0 Å². The Kier molecular flexibility index (Phi) is 9.64. The largest absolute Gasteiger partial charge is 1.00 e. The van der Waals surface area contributed by atoms with Gasteiger partial charge in [-0.15, -0.1) is 0 Å². The topological polar surface area (TPSA) is 174 Å². The van der Waals surface area contributed by atoms with Crippen LogP contribution in [-0.4, -0.2) is 33.7 Å². The maximum absolute atomic E-state index is 10.3. The molecule has 0 aromatic heterocycles. The van der Waals surface area contributed by atoms with Crippen LogP contribution in [0.1, 0.15) is 12.8 Å². The van der Waals surface area contributed by atoms with Gasteiger partial charge in [-0.05, 0) is 0 Å². The van der Waals surface area contributed by atoms with Crippen LogP contribution in [0.2, 0.25) is 0 Å². The zero-order valence-corrected chi connectivity index (χ0v) is 9.13. The van der Waals surface area contributed by atoms with Gasteiger partial charge in [0.15, 0.2) is 5.60 Å². The van der Waals surface area contributed by atoms with Crippen molar-refractivity contribution in [1.29, 1.82) is 0 Å². The van der Waals surface area contributed by atoms with Gasteiger partial charge in [0, 0.05) is 24.8 Å². The number of carboxylic acid groups (broad SMARTS) is 3. The van der Waals surface area contributed by atoms with E-state index in [0.29, 0.717) is 0 Å². The van der Waals surface area contributed by atoms with Crippen molar-refractivity contribution in [3.8, 4) is 0 Å². The summed E-state index contributed by atoms with van der Waals surface area (Å²) < 4.78 is 0. The van der Waals surface area contributed by atoms with Crippen molar-refractivity contribution in [3.05, 3.63) is 0 Å². The second-order valence-corrected chi connectivity index (χ2v) is 2.43. The van der Waals surface area contributed by atoms with Crippen LogP contribution in [0, 0.1) is 0 Å². The molecule has 0 radical (unpaired) electrons. The summed E-state index contributed by atoms with van der Waals surface area (Å²) in [4.78, 5) is 30.2. The summed E-state index contributed by atoms with van der Waals surface area (Å²) in [6.07, 6.45) is -2.59. The van der Waals surface area contributed by atoms with Crippen LogP contribution in [0.15, 0.2) is 0 Å². The van der Waals surface area contributed by atoms with Gasteiger partial charge in [0.05, 0.1) is 0 Å². The van der Waals surface area contributed by atoms with E-state index in [1.54, 1.807) is 0 Å². The Morgan fingerprint density at radius 2 is 1.33 bits per heavy atom. The van der Waals surface area contributed by atoms with Gasteiger partial charge in [-0.3, -0.25) is 0 Å². The molecule has 0 aromatic rings. The van der Waals surface area contributed by atoms with Gasteiger partial charge in [-0.1, -0.05) is 0 Å². The molecule has 0 atom stereocenters. The van der Waals surface area contributed by atoms with E-state index in [-0.39, 0.29) is 28.5 Å². The number of carboxylic acids is 3. The molecule has 0 rings (SSSR count). The molecule has 0 aliphatic carbocycles. The Morgan fingerprint density at radius 3 is 1.47 bits per heavy atom. The Labute approximate surface area is 100.0 Å². The first-order chi connectivity index (χ1) is 5.78. The normalized spacial score (nSPS) is 9.40. The van der Waals surface area contributed by atoms with Crippen molar-refractivity contribution in [2.75, 3.05) is 0 Å². The van der Waals surface area contributed by atoms with E-state index in [2.05, 4.69) is 0 Å². The van der Waals surface area contributed by atoms with Crippen molar-refractivity contribution in [2.24, 2.45) is 0 Å². The number of hydrogen-bond donors (Lipinski definition) is 3. The maximum Gasteiger partial charge on any atom is 1.00 e. The van der Waals surface area contributed by atoms with Crippen LogP contribution in [0.25, 0.3) is 0 Å². The summed E-state index contributed by atoms with van der Waals surface area (Å²) >= 11 is 0. The molecule has 0 fully saturated rings. The van der Waals surface area contributed by atoms with Gasteiger partial charge in [0.25, 0.3) is 0 Å². The Balaban J connectivity index is -0.000000720. The number of rotatable bonds is 5. The Morgan fingerprint density at radius 1 is 1.07 bits per heavy atom. The SMILES string of the molecule is O=C([O-])CC(O)(CC(=O)[O-])C(=O)O.[Ag+].[NH4+]. The fourth-order valence-electron chi connectivity index (χ4n) is 0.691. The molecule has 0 spiro atoms. The minimum Gasteiger partial charge on any atom is -0.550 e. The van der Waals surface area contributed by atoms with Crippen LogP contribution >= 0.6 is 0 Å². The van der Waals surface area contributed by atoms with Crippen molar-refractivity contribution in [2.45, 2.75) is 18.4 Å². The van der Waals surface area contributed by atoms with E-state index in [9.17, 15) is 24.6 Å². The minimum absolute atomic E-state index is 0. The predicted molar refractivity (Wildman–Crippen MR) is 37.8 cm³/mol. The number of carbonyl (C=O) groups excluding carboxylic acids is 2. The first-order valence-corrected chi connectivity index (χ1v) is 3.13. The number of aliphatic carboxylic acids is 3. The molecular weight excluding hydrogens is 306 g/mol. The average molecular weight is 316 g/mol. The van der Waals surface area contributed by atoms with Crippen LogP contribution in [0.3, 0.4) is 0 Å².